The summed E-state index contributed by atoms with van der Waals surface area (Å²) in [5.41, 5.74) is 1.86. The molecular formula is C18H20ClNO2S. The van der Waals surface area contributed by atoms with Crippen LogP contribution in [0.3, 0.4) is 0 Å². The van der Waals surface area contributed by atoms with Crippen LogP contribution in [0.4, 0.5) is 0 Å². The van der Waals surface area contributed by atoms with E-state index in [0.717, 1.165) is 11.1 Å². The van der Waals surface area contributed by atoms with E-state index < -0.39 is 16.1 Å². The molecule has 0 saturated carbocycles. The first-order chi connectivity index (χ1) is 10.8. The lowest BCUT2D eigenvalue weighted by Crippen LogP contribution is -2.32. The molecule has 23 heavy (non-hydrogen) atoms. The van der Waals surface area contributed by atoms with Gasteiger partial charge in [0.15, 0.2) is 0 Å². The van der Waals surface area contributed by atoms with Gasteiger partial charge in [-0.2, -0.15) is 0 Å². The van der Waals surface area contributed by atoms with E-state index in [1.54, 1.807) is 42.5 Å². The first-order valence-electron chi connectivity index (χ1n) is 7.30. The highest BCUT2D eigenvalue weighted by atomic mass is 35.5. The second-order valence-electron chi connectivity index (χ2n) is 5.56. The number of aryl methyl sites for hydroxylation is 1. The third-order valence-electron chi connectivity index (χ3n) is 3.74. The van der Waals surface area contributed by atoms with Gasteiger partial charge in [-0.05, 0) is 42.7 Å². The van der Waals surface area contributed by atoms with Crippen LogP contribution in [0.25, 0.3) is 0 Å². The SMILES string of the molecule is C=C[C@@H](C)[C@H](NS(=O)(=O)c1ccc(C)cc1)c1ccc(Cl)cc1. The maximum Gasteiger partial charge on any atom is 0.241 e. The summed E-state index contributed by atoms with van der Waals surface area (Å²) >= 11 is 5.91. The third kappa shape index (κ3) is 4.44. The van der Waals surface area contributed by atoms with Crippen molar-refractivity contribution in [1.82, 2.24) is 4.72 Å². The molecule has 0 aliphatic heterocycles. The molecule has 2 aromatic rings. The zero-order valence-electron chi connectivity index (χ0n) is 13.2. The molecule has 0 spiro atoms. The molecule has 2 rings (SSSR count). The van der Waals surface area contributed by atoms with Gasteiger partial charge in [-0.3, -0.25) is 0 Å². The molecule has 3 nitrogen and oxygen atoms in total. The fraction of sp³-hybridized carbons (Fsp3) is 0.222. The highest BCUT2D eigenvalue weighted by Crippen LogP contribution is 2.26. The van der Waals surface area contributed by atoms with E-state index in [4.69, 9.17) is 11.6 Å². The topological polar surface area (TPSA) is 46.2 Å². The summed E-state index contributed by atoms with van der Waals surface area (Å²) < 4.78 is 28.1. The molecule has 1 N–H and O–H groups in total. The van der Waals surface area contributed by atoms with Crippen LogP contribution in [0.2, 0.25) is 5.02 Å². The Morgan fingerprint density at radius 1 is 1.09 bits per heavy atom. The summed E-state index contributed by atoms with van der Waals surface area (Å²) in [7, 11) is -3.62. The van der Waals surface area contributed by atoms with Gasteiger partial charge in [-0.15, -0.1) is 6.58 Å². The minimum absolute atomic E-state index is 0.0728. The van der Waals surface area contributed by atoms with Crippen LogP contribution in [0, 0.1) is 12.8 Å². The van der Waals surface area contributed by atoms with Crippen molar-refractivity contribution in [2.45, 2.75) is 24.8 Å². The number of halogens is 1. The van der Waals surface area contributed by atoms with Gasteiger partial charge in [0.2, 0.25) is 10.0 Å². The number of nitrogens with one attached hydrogen (secondary N) is 1. The van der Waals surface area contributed by atoms with Crippen LogP contribution in [0.15, 0.2) is 66.1 Å². The average Bonchev–Trinajstić information content (AvgIpc) is 2.53. The predicted molar refractivity (Wildman–Crippen MR) is 95.1 cm³/mol. The van der Waals surface area contributed by atoms with Crippen molar-refractivity contribution in [3.8, 4) is 0 Å². The van der Waals surface area contributed by atoms with Gasteiger partial charge in [0.1, 0.15) is 0 Å². The van der Waals surface area contributed by atoms with Gasteiger partial charge in [0.05, 0.1) is 10.9 Å². The molecule has 0 aromatic heterocycles. The maximum absolute atomic E-state index is 12.6. The first-order valence-corrected chi connectivity index (χ1v) is 9.16. The smallest absolute Gasteiger partial charge is 0.207 e. The average molecular weight is 350 g/mol. The van der Waals surface area contributed by atoms with Crippen LogP contribution in [0.5, 0.6) is 0 Å². The molecule has 0 aliphatic carbocycles. The maximum atomic E-state index is 12.6. The fourth-order valence-corrected chi connectivity index (χ4v) is 3.68. The Morgan fingerprint density at radius 3 is 2.17 bits per heavy atom. The second kappa shape index (κ2) is 7.30. The first kappa shape index (κ1) is 17.7. The fourth-order valence-electron chi connectivity index (χ4n) is 2.24. The normalized spacial score (nSPS) is 14.2. The van der Waals surface area contributed by atoms with E-state index >= 15 is 0 Å². The van der Waals surface area contributed by atoms with E-state index in [0.29, 0.717) is 5.02 Å². The Labute approximate surface area is 143 Å². The summed E-state index contributed by atoms with van der Waals surface area (Å²) in [6.45, 7) is 7.62. The van der Waals surface area contributed by atoms with Gasteiger partial charge in [0.25, 0.3) is 0 Å². The lowest BCUT2D eigenvalue weighted by molar-refractivity contribution is 0.498. The Bertz CT molecular complexity index is 768. The third-order valence-corrected chi connectivity index (χ3v) is 5.45. The van der Waals surface area contributed by atoms with E-state index in [-0.39, 0.29) is 10.8 Å². The van der Waals surface area contributed by atoms with Gasteiger partial charge >= 0.3 is 0 Å². The molecule has 0 heterocycles. The number of benzene rings is 2. The van der Waals surface area contributed by atoms with E-state index in [9.17, 15) is 8.42 Å². The quantitative estimate of drug-likeness (QED) is 0.781. The van der Waals surface area contributed by atoms with Crippen molar-refractivity contribution in [3.05, 3.63) is 77.3 Å². The number of hydrogen-bond donors (Lipinski definition) is 1. The Kier molecular flexibility index (Phi) is 5.63. The lowest BCUT2D eigenvalue weighted by atomic mass is 9.96. The van der Waals surface area contributed by atoms with Crippen molar-refractivity contribution in [1.29, 1.82) is 0 Å². The van der Waals surface area contributed by atoms with E-state index in [2.05, 4.69) is 11.3 Å². The number of hydrogen-bond acceptors (Lipinski definition) is 2. The molecule has 5 heteroatoms. The summed E-state index contributed by atoms with van der Waals surface area (Å²) in [5, 5.41) is 0.611. The standard InChI is InChI=1S/C18H20ClNO2S/c1-4-14(3)18(15-7-9-16(19)10-8-15)20-23(21,22)17-11-5-13(2)6-12-17/h4-12,14,18,20H,1H2,2-3H3/t14-,18+/m1/s1. The monoisotopic (exact) mass is 349 g/mol. The van der Waals surface area contributed by atoms with Gasteiger partial charge in [-0.1, -0.05) is 54.4 Å². The Balaban J connectivity index is 2.35. The highest BCUT2D eigenvalue weighted by Gasteiger charge is 2.24. The number of sulfonamides is 1. The highest BCUT2D eigenvalue weighted by molar-refractivity contribution is 7.89. The minimum atomic E-state index is -3.62. The molecular weight excluding hydrogens is 330 g/mol. The molecule has 0 aliphatic rings. The van der Waals surface area contributed by atoms with Gasteiger partial charge in [-0.25, -0.2) is 13.1 Å². The second-order valence-corrected chi connectivity index (χ2v) is 7.71. The van der Waals surface area contributed by atoms with Crippen molar-refractivity contribution in [2.75, 3.05) is 0 Å². The lowest BCUT2D eigenvalue weighted by Gasteiger charge is -2.23. The number of rotatable bonds is 6. The molecule has 0 saturated heterocycles. The van der Waals surface area contributed by atoms with Crippen LogP contribution in [-0.4, -0.2) is 8.42 Å². The summed E-state index contributed by atoms with van der Waals surface area (Å²) in [6, 6.07) is 13.5. The predicted octanol–water partition coefficient (Wildman–Crippen LogP) is 4.49. The zero-order chi connectivity index (χ0) is 17.0. The van der Waals surface area contributed by atoms with Crippen molar-refractivity contribution in [2.24, 2.45) is 5.92 Å². The van der Waals surface area contributed by atoms with Crippen molar-refractivity contribution in [3.63, 3.8) is 0 Å². The van der Waals surface area contributed by atoms with Crippen LogP contribution in [-0.2, 0) is 10.0 Å². The van der Waals surface area contributed by atoms with Gasteiger partial charge in [0, 0.05) is 5.02 Å². The molecule has 0 bridgehead atoms. The summed E-state index contributed by atoms with van der Waals surface area (Å²) in [4.78, 5) is 0.248. The van der Waals surface area contributed by atoms with Crippen molar-refractivity contribution >= 4 is 21.6 Å². The van der Waals surface area contributed by atoms with E-state index in [1.807, 2.05) is 26.0 Å². The minimum Gasteiger partial charge on any atom is -0.207 e. The van der Waals surface area contributed by atoms with Gasteiger partial charge < -0.3 is 0 Å². The van der Waals surface area contributed by atoms with E-state index in [1.165, 1.54) is 0 Å². The molecule has 2 aromatic carbocycles. The largest absolute Gasteiger partial charge is 0.241 e. The molecule has 122 valence electrons. The van der Waals surface area contributed by atoms with Crippen LogP contribution >= 0.6 is 11.6 Å². The van der Waals surface area contributed by atoms with Crippen molar-refractivity contribution < 1.29 is 8.42 Å². The molecule has 0 fully saturated rings. The summed E-state index contributed by atoms with van der Waals surface area (Å²) in [6.07, 6.45) is 1.73. The van der Waals surface area contributed by atoms with Crippen LogP contribution in [0.1, 0.15) is 24.1 Å². The van der Waals surface area contributed by atoms with Crippen LogP contribution < -0.4 is 4.72 Å². The molecule has 0 amide bonds. The Morgan fingerprint density at radius 2 is 1.65 bits per heavy atom. The summed E-state index contributed by atoms with van der Waals surface area (Å²) in [5.74, 6) is -0.0728. The molecule has 2 atom stereocenters. The molecule has 0 unspecified atom stereocenters. The molecule has 0 radical (unpaired) electrons. The Hall–Kier alpha value is -1.62. The zero-order valence-corrected chi connectivity index (χ0v) is 14.7.